The third kappa shape index (κ3) is 4.79. The first-order valence-electron chi connectivity index (χ1n) is 11.1. The average Bonchev–Trinajstić information content (AvgIpc) is 3.53. The van der Waals surface area contributed by atoms with Crippen molar-refractivity contribution in [3.63, 3.8) is 0 Å². The van der Waals surface area contributed by atoms with Crippen LogP contribution < -0.4 is 4.74 Å². The van der Waals surface area contributed by atoms with Crippen LogP contribution in [0.25, 0.3) is 11.4 Å². The Labute approximate surface area is 207 Å². The highest BCUT2D eigenvalue weighted by Crippen LogP contribution is 2.34. The van der Waals surface area contributed by atoms with Crippen LogP contribution >= 0.6 is 11.6 Å². The maximum absolute atomic E-state index is 13.5. The Kier molecular flexibility index (Phi) is 6.29. The normalized spacial score (nSPS) is 15.2. The molecule has 3 aromatic carbocycles. The molecule has 0 fully saturated rings. The van der Waals surface area contributed by atoms with Crippen LogP contribution in [0.2, 0.25) is 5.02 Å². The molecule has 5 rings (SSSR count). The van der Waals surface area contributed by atoms with Gasteiger partial charge in [-0.15, -0.1) is 5.10 Å². The molecule has 1 aliphatic heterocycles. The second kappa shape index (κ2) is 9.68. The summed E-state index contributed by atoms with van der Waals surface area (Å²) in [5.41, 5.74) is 4.75. The summed E-state index contributed by atoms with van der Waals surface area (Å²) in [5, 5.41) is 18.9. The number of hydrogen-bond donors (Lipinski definition) is 0. The molecule has 8 nitrogen and oxygen atoms in total. The largest absolute Gasteiger partial charge is 0.497 e. The zero-order valence-electron chi connectivity index (χ0n) is 19.3. The molecular formula is C26H23ClN6O2. The second-order valence-corrected chi connectivity index (χ2v) is 8.75. The number of carbonyl (C=O) groups is 1. The fourth-order valence-electron chi connectivity index (χ4n) is 4.06. The first-order valence-corrected chi connectivity index (χ1v) is 11.5. The summed E-state index contributed by atoms with van der Waals surface area (Å²) >= 11 is 6.10. The van der Waals surface area contributed by atoms with Crippen molar-refractivity contribution in [3.05, 3.63) is 94.5 Å². The monoisotopic (exact) mass is 486 g/mol. The number of hydrazone groups is 1. The lowest BCUT2D eigenvalue weighted by atomic mass is 9.98. The molecule has 1 atom stereocenters. The van der Waals surface area contributed by atoms with Gasteiger partial charge >= 0.3 is 0 Å². The predicted octanol–water partition coefficient (Wildman–Crippen LogP) is 4.69. The van der Waals surface area contributed by atoms with E-state index in [1.54, 1.807) is 7.11 Å². The number of rotatable bonds is 6. The molecule has 0 saturated carbocycles. The van der Waals surface area contributed by atoms with Gasteiger partial charge in [-0.25, -0.2) is 9.69 Å². The number of aromatic nitrogens is 4. The summed E-state index contributed by atoms with van der Waals surface area (Å²) in [6.45, 7) is 1.99. The Balaban J connectivity index is 1.44. The van der Waals surface area contributed by atoms with Gasteiger partial charge in [-0.2, -0.15) is 5.10 Å². The number of hydrogen-bond acceptors (Lipinski definition) is 6. The van der Waals surface area contributed by atoms with E-state index in [9.17, 15) is 4.79 Å². The van der Waals surface area contributed by atoms with Crippen molar-refractivity contribution < 1.29 is 9.53 Å². The standard InChI is InChI=1S/C26H23ClN6O2/c1-17-3-5-18(6-4-17)23-15-24(19-7-11-21(27)12-8-19)33(29-23)25(34)16-32-26(28-30-31-32)20-9-13-22(35-2)14-10-20/h3-14,24H,15-16H2,1-2H3. The Bertz CT molecular complexity index is 1360. The SMILES string of the molecule is COc1ccc(-c2nnnn2CC(=O)N2N=C(c3ccc(C)cc3)CC2c2ccc(Cl)cc2)cc1. The Morgan fingerprint density at radius 2 is 1.69 bits per heavy atom. The van der Waals surface area contributed by atoms with Crippen LogP contribution in [0.4, 0.5) is 0 Å². The maximum atomic E-state index is 13.5. The van der Waals surface area contributed by atoms with Crippen LogP contribution in [-0.4, -0.2) is 43.9 Å². The van der Waals surface area contributed by atoms with Crippen LogP contribution in [0, 0.1) is 6.92 Å². The molecule has 1 aliphatic rings. The van der Waals surface area contributed by atoms with Gasteiger partial charge in [-0.05, 0) is 64.9 Å². The molecule has 0 bridgehead atoms. The molecule has 0 radical (unpaired) electrons. The van der Waals surface area contributed by atoms with E-state index in [0.717, 1.165) is 28.2 Å². The van der Waals surface area contributed by atoms with Gasteiger partial charge < -0.3 is 4.74 Å². The topological polar surface area (TPSA) is 85.5 Å². The van der Waals surface area contributed by atoms with E-state index in [4.69, 9.17) is 21.4 Å². The predicted molar refractivity (Wildman–Crippen MR) is 133 cm³/mol. The first kappa shape index (κ1) is 22.7. The van der Waals surface area contributed by atoms with E-state index in [-0.39, 0.29) is 18.5 Å². The summed E-state index contributed by atoms with van der Waals surface area (Å²) in [6, 6.07) is 22.8. The number of benzene rings is 3. The zero-order valence-corrected chi connectivity index (χ0v) is 20.1. The summed E-state index contributed by atoms with van der Waals surface area (Å²) in [6.07, 6.45) is 0.595. The van der Waals surface area contributed by atoms with Crippen molar-refractivity contribution in [2.24, 2.45) is 5.10 Å². The molecule has 0 spiro atoms. The number of carbonyl (C=O) groups excluding carboxylic acids is 1. The molecule has 0 saturated heterocycles. The van der Waals surface area contributed by atoms with Crippen molar-refractivity contribution in [2.75, 3.05) is 7.11 Å². The van der Waals surface area contributed by atoms with Crippen LogP contribution in [0.3, 0.4) is 0 Å². The minimum absolute atomic E-state index is 0.0525. The second-order valence-electron chi connectivity index (χ2n) is 8.31. The van der Waals surface area contributed by atoms with E-state index >= 15 is 0 Å². The fraction of sp³-hybridized carbons (Fsp3) is 0.192. The molecule has 0 aliphatic carbocycles. The summed E-state index contributed by atoms with van der Waals surface area (Å²) in [4.78, 5) is 13.5. The van der Waals surface area contributed by atoms with Crippen molar-refractivity contribution in [1.82, 2.24) is 25.2 Å². The molecule has 1 unspecified atom stereocenters. The fourth-order valence-corrected chi connectivity index (χ4v) is 4.19. The Hall–Kier alpha value is -4.04. The van der Waals surface area contributed by atoms with E-state index < -0.39 is 0 Å². The van der Waals surface area contributed by atoms with E-state index in [0.29, 0.717) is 17.3 Å². The summed E-state index contributed by atoms with van der Waals surface area (Å²) in [5.74, 6) is 1.00. The highest BCUT2D eigenvalue weighted by Gasteiger charge is 2.33. The number of aryl methyl sites for hydroxylation is 1. The van der Waals surface area contributed by atoms with Gasteiger partial charge in [0.15, 0.2) is 5.82 Å². The van der Waals surface area contributed by atoms with Crippen molar-refractivity contribution in [2.45, 2.75) is 25.9 Å². The van der Waals surface area contributed by atoms with E-state index in [1.807, 2.05) is 79.7 Å². The molecule has 35 heavy (non-hydrogen) atoms. The molecule has 2 heterocycles. The van der Waals surface area contributed by atoms with Crippen LogP contribution in [0.15, 0.2) is 77.9 Å². The quantitative estimate of drug-likeness (QED) is 0.394. The van der Waals surface area contributed by atoms with Gasteiger partial charge in [0, 0.05) is 17.0 Å². The number of tetrazole rings is 1. The zero-order chi connectivity index (χ0) is 24.4. The third-order valence-electron chi connectivity index (χ3n) is 5.97. The lowest BCUT2D eigenvalue weighted by Crippen LogP contribution is -2.31. The smallest absolute Gasteiger partial charge is 0.265 e. The van der Waals surface area contributed by atoms with Gasteiger partial charge in [0.05, 0.1) is 18.9 Å². The van der Waals surface area contributed by atoms with Crippen LogP contribution in [0.1, 0.15) is 29.2 Å². The molecular weight excluding hydrogens is 464 g/mol. The molecule has 0 N–H and O–H groups in total. The minimum atomic E-state index is -0.253. The Morgan fingerprint density at radius 3 is 2.37 bits per heavy atom. The summed E-state index contributed by atoms with van der Waals surface area (Å²) in [7, 11) is 1.61. The minimum Gasteiger partial charge on any atom is -0.497 e. The molecule has 9 heteroatoms. The number of nitrogens with zero attached hydrogens (tertiary/aromatic N) is 6. The summed E-state index contributed by atoms with van der Waals surface area (Å²) < 4.78 is 6.71. The highest BCUT2D eigenvalue weighted by atomic mass is 35.5. The highest BCUT2D eigenvalue weighted by molar-refractivity contribution is 6.30. The van der Waals surface area contributed by atoms with Gasteiger partial charge in [0.2, 0.25) is 0 Å². The maximum Gasteiger partial charge on any atom is 0.265 e. The molecule has 4 aromatic rings. The number of methoxy groups -OCH3 is 1. The van der Waals surface area contributed by atoms with Crippen LogP contribution in [0.5, 0.6) is 5.75 Å². The van der Waals surface area contributed by atoms with Crippen molar-refractivity contribution >= 4 is 23.2 Å². The lowest BCUT2D eigenvalue weighted by molar-refractivity contribution is -0.133. The molecule has 1 aromatic heterocycles. The van der Waals surface area contributed by atoms with Gasteiger partial charge in [0.1, 0.15) is 12.3 Å². The number of halogens is 1. The van der Waals surface area contributed by atoms with E-state index in [1.165, 1.54) is 15.3 Å². The number of amides is 1. The van der Waals surface area contributed by atoms with Crippen LogP contribution in [-0.2, 0) is 11.3 Å². The van der Waals surface area contributed by atoms with Gasteiger partial charge in [-0.3, -0.25) is 4.79 Å². The van der Waals surface area contributed by atoms with Gasteiger partial charge in [0.25, 0.3) is 5.91 Å². The van der Waals surface area contributed by atoms with Crippen molar-refractivity contribution in [1.29, 1.82) is 0 Å². The molecule has 1 amide bonds. The van der Waals surface area contributed by atoms with Crippen molar-refractivity contribution in [3.8, 4) is 17.1 Å². The van der Waals surface area contributed by atoms with E-state index in [2.05, 4.69) is 15.5 Å². The van der Waals surface area contributed by atoms with Gasteiger partial charge in [-0.1, -0.05) is 53.6 Å². The molecule has 176 valence electrons. The lowest BCUT2D eigenvalue weighted by Gasteiger charge is -2.22. The Morgan fingerprint density at radius 1 is 1.00 bits per heavy atom. The first-order chi connectivity index (χ1) is 17.0. The average molecular weight is 487 g/mol. The third-order valence-corrected chi connectivity index (χ3v) is 6.22. The number of ether oxygens (including phenoxy) is 1.